The standard InChI is InChI=1S/C24H36N2O5/c1-7-8-11-31-20-18-12-16(14-27)9-10-17(18)22(28)26(13-15(2)3)19(20)21(24(4,5)6)25-23(29)30/h9-10,12,15,21,25,27H,7-8,11,13-14H2,1-6H3,(H,29,30). The van der Waals surface area contributed by atoms with Gasteiger partial charge in [-0.3, -0.25) is 4.79 Å². The molecule has 0 aliphatic carbocycles. The van der Waals surface area contributed by atoms with Gasteiger partial charge in [-0.05, 0) is 35.4 Å². The minimum Gasteiger partial charge on any atom is -0.491 e. The van der Waals surface area contributed by atoms with Crippen LogP contribution >= 0.6 is 0 Å². The Labute approximate surface area is 184 Å². The van der Waals surface area contributed by atoms with Crippen LogP contribution in [0.1, 0.15) is 71.7 Å². The van der Waals surface area contributed by atoms with Gasteiger partial charge in [-0.25, -0.2) is 4.79 Å². The molecule has 2 aromatic rings. The van der Waals surface area contributed by atoms with Gasteiger partial charge in [0.1, 0.15) is 5.75 Å². The number of unbranched alkanes of at least 4 members (excludes halogenated alkanes) is 1. The Balaban J connectivity index is 2.98. The van der Waals surface area contributed by atoms with E-state index in [9.17, 15) is 19.8 Å². The van der Waals surface area contributed by atoms with Crippen LogP contribution in [-0.2, 0) is 13.2 Å². The third-order valence-electron chi connectivity index (χ3n) is 5.21. The Hall–Kier alpha value is -2.54. The van der Waals surface area contributed by atoms with Gasteiger partial charge in [-0.1, -0.05) is 54.0 Å². The van der Waals surface area contributed by atoms with Crippen molar-refractivity contribution in [3.8, 4) is 5.75 Å². The number of nitrogens with zero attached hydrogens (tertiary/aromatic N) is 1. The van der Waals surface area contributed by atoms with Crippen LogP contribution in [-0.4, -0.2) is 27.5 Å². The molecule has 31 heavy (non-hydrogen) atoms. The summed E-state index contributed by atoms with van der Waals surface area (Å²) in [5.41, 5.74) is 0.493. The lowest BCUT2D eigenvalue weighted by molar-refractivity contribution is 0.170. The molecule has 0 aliphatic rings. The maximum absolute atomic E-state index is 13.6. The first-order valence-electron chi connectivity index (χ1n) is 10.9. The van der Waals surface area contributed by atoms with Crippen LogP contribution in [0.4, 0.5) is 4.79 Å². The summed E-state index contributed by atoms with van der Waals surface area (Å²) in [6, 6.07) is 4.54. The van der Waals surface area contributed by atoms with Crippen molar-refractivity contribution in [3.63, 3.8) is 0 Å². The molecule has 172 valence electrons. The first-order valence-corrected chi connectivity index (χ1v) is 10.9. The smallest absolute Gasteiger partial charge is 0.405 e. The Morgan fingerprint density at radius 3 is 2.42 bits per heavy atom. The molecule has 0 aliphatic heterocycles. The summed E-state index contributed by atoms with van der Waals surface area (Å²) >= 11 is 0. The molecule has 1 amide bonds. The van der Waals surface area contributed by atoms with Crippen molar-refractivity contribution in [3.05, 3.63) is 39.8 Å². The second-order valence-corrected chi connectivity index (χ2v) is 9.51. The highest BCUT2D eigenvalue weighted by atomic mass is 16.5. The van der Waals surface area contributed by atoms with E-state index in [4.69, 9.17) is 4.74 Å². The van der Waals surface area contributed by atoms with Gasteiger partial charge in [0, 0.05) is 11.9 Å². The third-order valence-corrected chi connectivity index (χ3v) is 5.21. The van der Waals surface area contributed by atoms with E-state index in [1.807, 2.05) is 34.6 Å². The number of ether oxygens (including phenoxy) is 1. The lowest BCUT2D eigenvalue weighted by Gasteiger charge is -2.34. The van der Waals surface area contributed by atoms with Crippen LogP contribution in [0.25, 0.3) is 10.8 Å². The number of pyridine rings is 1. The highest BCUT2D eigenvalue weighted by Gasteiger charge is 2.35. The van der Waals surface area contributed by atoms with E-state index < -0.39 is 17.6 Å². The Morgan fingerprint density at radius 2 is 1.90 bits per heavy atom. The zero-order valence-electron chi connectivity index (χ0n) is 19.5. The first-order chi connectivity index (χ1) is 14.5. The summed E-state index contributed by atoms with van der Waals surface area (Å²) in [7, 11) is 0. The van der Waals surface area contributed by atoms with E-state index in [2.05, 4.69) is 12.2 Å². The van der Waals surface area contributed by atoms with Gasteiger partial charge >= 0.3 is 6.09 Å². The highest BCUT2D eigenvalue weighted by molar-refractivity contribution is 5.89. The minimum atomic E-state index is -1.16. The molecular weight excluding hydrogens is 396 g/mol. The van der Waals surface area contributed by atoms with Crippen molar-refractivity contribution in [2.24, 2.45) is 11.3 Å². The van der Waals surface area contributed by atoms with Crippen LogP contribution < -0.4 is 15.6 Å². The van der Waals surface area contributed by atoms with Gasteiger partial charge in [-0.2, -0.15) is 0 Å². The zero-order chi connectivity index (χ0) is 23.3. The van der Waals surface area contributed by atoms with Gasteiger partial charge in [-0.15, -0.1) is 0 Å². The summed E-state index contributed by atoms with van der Waals surface area (Å²) in [5, 5.41) is 23.0. The molecule has 0 bridgehead atoms. The van der Waals surface area contributed by atoms with E-state index in [1.165, 1.54) is 0 Å². The maximum atomic E-state index is 13.6. The second kappa shape index (κ2) is 10.2. The second-order valence-electron chi connectivity index (χ2n) is 9.51. The van der Waals surface area contributed by atoms with Gasteiger partial charge in [0.25, 0.3) is 5.56 Å². The number of rotatable bonds is 9. The molecule has 2 rings (SSSR count). The molecule has 1 heterocycles. The molecule has 0 saturated carbocycles. The highest BCUT2D eigenvalue weighted by Crippen LogP contribution is 2.40. The zero-order valence-corrected chi connectivity index (χ0v) is 19.5. The predicted octanol–water partition coefficient (Wildman–Crippen LogP) is 4.68. The summed E-state index contributed by atoms with van der Waals surface area (Å²) in [4.78, 5) is 25.3. The quantitative estimate of drug-likeness (QED) is 0.499. The summed E-state index contributed by atoms with van der Waals surface area (Å²) in [5.74, 6) is 0.673. The number of hydrogen-bond acceptors (Lipinski definition) is 4. The molecule has 7 nitrogen and oxygen atoms in total. The lowest BCUT2D eigenvalue weighted by atomic mass is 9.83. The molecule has 0 saturated heterocycles. The van der Waals surface area contributed by atoms with Crippen molar-refractivity contribution in [2.45, 2.75) is 73.6 Å². The third kappa shape index (κ3) is 5.79. The summed E-state index contributed by atoms with van der Waals surface area (Å²) in [6.45, 7) is 12.6. The minimum absolute atomic E-state index is 0.162. The average molecular weight is 433 g/mol. The van der Waals surface area contributed by atoms with Gasteiger partial charge in [0.15, 0.2) is 0 Å². The summed E-state index contributed by atoms with van der Waals surface area (Å²) < 4.78 is 7.92. The van der Waals surface area contributed by atoms with Gasteiger partial charge < -0.3 is 24.8 Å². The molecule has 7 heteroatoms. The van der Waals surface area contributed by atoms with Gasteiger partial charge in [0.05, 0.1) is 30.3 Å². The number of carbonyl (C=O) groups is 1. The Kier molecular flexibility index (Phi) is 8.12. The molecular formula is C24H36N2O5. The van der Waals surface area contributed by atoms with Crippen LogP contribution in [0.15, 0.2) is 23.0 Å². The summed E-state index contributed by atoms with van der Waals surface area (Å²) in [6.07, 6.45) is 0.611. The first kappa shape index (κ1) is 24.7. The maximum Gasteiger partial charge on any atom is 0.405 e. The molecule has 0 fully saturated rings. The molecule has 1 atom stereocenters. The molecule has 1 unspecified atom stereocenters. The van der Waals surface area contributed by atoms with E-state index in [1.54, 1.807) is 22.8 Å². The molecule has 0 radical (unpaired) electrons. The molecule has 1 aromatic heterocycles. The van der Waals surface area contributed by atoms with Crippen molar-refractivity contribution in [2.75, 3.05) is 6.61 Å². The molecule has 0 spiro atoms. The SMILES string of the molecule is CCCCOc1c(C(NC(=O)O)C(C)(C)C)n(CC(C)C)c(=O)c2ccc(CO)cc12. The number of aromatic nitrogens is 1. The molecule has 1 aromatic carbocycles. The normalized spacial score (nSPS) is 12.9. The number of hydrogen-bond donors (Lipinski definition) is 3. The van der Waals surface area contributed by atoms with E-state index in [0.29, 0.717) is 40.9 Å². The van der Waals surface area contributed by atoms with Crippen LogP contribution in [0.2, 0.25) is 0 Å². The monoisotopic (exact) mass is 432 g/mol. The van der Waals surface area contributed by atoms with Gasteiger partial charge in [0.2, 0.25) is 0 Å². The van der Waals surface area contributed by atoms with Crippen molar-refractivity contribution < 1.29 is 19.7 Å². The largest absolute Gasteiger partial charge is 0.491 e. The van der Waals surface area contributed by atoms with Crippen LogP contribution in [0.5, 0.6) is 5.75 Å². The Morgan fingerprint density at radius 1 is 1.23 bits per heavy atom. The van der Waals surface area contributed by atoms with E-state index in [0.717, 1.165) is 12.8 Å². The fraction of sp³-hybridized carbons (Fsp3) is 0.583. The fourth-order valence-corrected chi connectivity index (χ4v) is 3.70. The number of aliphatic hydroxyl groups is 1. The number of aliphatic hydroxyl groups excluding tert-OH is 1. The molecule has 3 N–H and O–H groups in total. The number of carboxylic acid groups (broad SMARTS) is 1. The Bertz CT molecular complexity index is 973. The predicted molar refractivity (Wildman–Crippen MR) is 123 cm³/mol. The van der Waals surface area contributed by atoms with Crippen molar-refractivity contribution >= 4 is 16.9 Å². The van der Waals surface area contributed by atoms with Crippen LogP contribution in [0.3, 0.4) is 0 Å². The van der Waals surface area contributed by atoms with E-state index in [-0.39, 0.29) is 18.1 Å². The number of fused-ring (bicyclic) bond motifs is 1. The fourth-order valence-electron chi connectivity index (χ4n) is 3.70. The lowest BCUT2D eigenvalue weighted by Crippen LogP contribution is -2.40. The average Bonchev–Trinajstić information content (AvgIpc) is 2.68. The number of nitrogens with one attached hydrogen (secondary N) is 1. The van der Waals surface area contributed by atoms with Crippen LogP contribution in [0, 0.1) is 11.3 Å². The topological polar surface area (TPSA) is 101 Å². The van der Waals surface area contributed by atoms with E-state index >= 15 is 0 Å². The van der Waals surface area contributed by atoms with Crippen molar-refractivity contribution in [1.82, 2.24) is 9.88 Å². The number of benzene rings is 1. The van der Waals surface area contributed by atoms with Crippen molar-refractivity contribution in [1.29, 1.82) is 0 Å². The number of amides is 1.